The molecule has 26 heavy (non-hydrogen) atoms. The van der Waals surface area contributed by atoms with E-state index in [1.165, 1.54) is 13.3 Å². The third-order valence-corrected chi connectivity index (χ3v) is 5.69. The van der Waals surface area contributed by atoms with E-state index in [1.807, 2.05) is 4.90 Å². The first-order valence-electron chi connectivity index (χ1n) is 9.75. The fraction of sp³-hybridized carbons (Fsp3) is 0.571. The van der Waals surface area contributed by atoms with Gasteiger partial charge in [0.15, 0.2) is 5.78 Å². The van der Waals surface area contributed by atoms with Crippen molar-refractivity contribution < 1.29 is 14.4 Å². The van der Waals surface area contributed by atoms with Gasteiger partial charge in [-0.25, -0.2) is 0 Å². The van der Waals surface area contributed by atoms with Gasteiger partial charge in [0, 0.05) is 36.2 Å². The van der Waals surface area contributed by atoms with Crippen molar-refractivity contribution in [3.63, 3.8) is 0 Å². The lowest BCUT2D eigenvalue weighted by Gasteiger charge is -2.34. The molecule has 0 aromatic heterocycles. The number of carbonyl (C=O) groups excluding carboxylic acids is 3. The van der Waals surface area contributed by atoms with Crippen LogP contribution >= 0.6 is 0 Å². The van der Waals surface area contributed by atoms with Crippen LogP contribution in [0.4, 0.5) is 5.69 Å². The first-order valence-corrected chi connectivity index (χ1v) is 9.75. The molecule has 2 fully saturated rings. The number of nitrogens with zero attached hydrogens (tertiary/aromatic N) is 1. The lowest BCUT2D eigenvalue weighted by atomic mass is 9.87. The maximum Gasteiger partial charge on any atom is 0.227 e. The zero-order valence-electron chi connectivity index (χ0n) is 15.5. The van der Waals surface area contributed by atoms with Gasteiger partial charge in [0.1, 0.15) is 0 Å². The maximum absolute atomic E-state index is 12.6. The molecule has 0 radical (unpaired) electrons. The van der Waals surface area contributed by atoms with Gasteiger partial charge in [-0.3, -0.25) is 14.4 Å². The van der Waals surface area contributed by atoms with E-state index < -0.39 is 0 Å². The Morgan fingerprint density at radius 1 is 0.885 bits per heavy atom. The van der Waals surface area contributed by atoms with Crippen LogP contribution in [0.15, 0.2) is 24.3 Å². The van der Waals surface area contributed by atoms with Crippen LogP contribution in [0, 0.1) is 11.8 Å². The highest BCUT2D eigenvalue weighted by Gasteiger charge is 2.31. The molecule has 5 nitrogen and oxygen atoms in total. The molecular formula is C21H28N2O3. The number of piperidine rings is 1. The minimum absolute atomic E-state index is 0.00494. The van der Waals surface area contributed by atoms with Gasteiger partial charge in [0.25, 0.3) is 0 Å². The highest BCUT2D eigenvalue weighted by molar-refractivity contribution is 5.96. The third kappa shape index (κ3) is 4.51. The Morgan fingerprint density at radius 3 is 2.08 bits per heavy atom. The van der Waals surface area contributed by atoms with Crippen molar-refractivity contribution in [3.8, 4) is 0 Å². The molecule has 1 saturated carbocycles. The normalized spacial score (nSPS) is 19.2. The summed E-state index contributed by atoms with van der Waals surface area (Å²) in [4.78, 5) is 38.4. The van der Waals surface area contributed by atoms with Crippen molar-refractivity contribution in [2.75, 3.05) is 18.4 Å². The third-order valence-electron chi connectivity index (χ3n) is 5.69. The Hall–Kier alpha value is -2.17. The molecule has 2 aliphatic rings. The average molecular weight is 356 g/mol. The molecule has 5 heteroatoms. The SMILES string of the molecule is CC(=O)c1ccc(NC(=O)C2CCN(C(=O)C3CCCCC3)CC2)cc1. The van der Waals surface area contributed by atoms with Crippen LogP contribution in [-0.4, -0.2) is 35.6 Å². The van der Waals surface area contributed by atoms with Gasteiger partial charge in [-0.05, 0) is 56.9 Å². The first kappa shape index (κ1) is 18.6. The Kier molecular flexibility index (Phi) is 6.07. The van der Waals surface area contributed by atoms with Gasteiger partial charge >= 0.3 is 0 Å². The smallest absolute Gasteiger partial charge is 0.227 e. The van der Waals surface area contributed by atoms with E-state index in [0.29, 0.717) is 30.2 Å². The first-order chi connectivity index (χ1) is 12.5. The Bertz CT molecular complexity index is 654. The monoisotopic (exact) mass is 356 g/mol. The molecule has 1 aliphatic heterocycles. The predicted molar refractivity (Wildman–Crippen MR) is 101 cm³/mol. The van der Waals surface area contributed by atoms with Crippen LogP contribution in [0.25, 0.3) is 0 Å². The summed E-state index contributed by atoms with van der Waals surface area (Å²) in [5, 5.41) is 2.93. The van der Waals surface area contributed by atoms with E-state index in [-0.39, 0.29) is 23.5 Å². The molecule has 1 saturated heterocycles. The van der Waals surface area contributed by atoms with Crippen molar-refractivity contribution in [1.82, 2.24) is 4.90 Å². The van der Waals surface area contributed by atoms with Crippen LogP contribution in [0.2, 0.25) is 0 Å². The number of Topliss-reactive ketones (excluding diaryl/α,β-unsaturated/α-hetero) is 1. The fourth-order valence-electron chi connectivity index (χ4n) is 4.00. The number of benzene rings is 1. The number of hydrogen-bond donors (Lipinski definition) is 1. The van der Waals surface area contributed by atoms with Crippen LogP contribution in [0.3, 0.4) is 0 Å². The van der Waals surface area contributed by atoms with E-state index in [4.69, 9.17) is 0 Å². The van der Waals surface area contributed by atoms with Crippen molar-refractivity contribution in [1.29, 1.82) is 0 Å². The minimum atomic E-state index is -0.0575. The number of nitrogens with one attached hydrogen (secondary N) is 1. The summed E-state index contributed by atoms with van der Waals surface area (Å²) in [7, 11) is 0. The number of likely N-dealkylation sites (tertiary alicyclic amines) is 1. The van der Waals surface area contributed by atoms with E-state index in [9.17, 15) is 14.4 Å². The van der Waals surface area contributed by atoms with E-state index in [1.54, 1.807) is 24.3 Å². The summed E-state index contributed by atoms with van der Waals surface area (Å²) in [6.07, 6.45) is 7.06. The Labute approximate surface area is 155 Å². The van der Waals surface area contributed by atoms with Crippen molar-refractivity contribution in [3.05, 3.63) is 29.8 Å². The van der Waals surface area contributed by atoms with Crippen molar-refractivity contribution in [2.24, 2.45) is 11.8 Å². The number of carbonyl (C=O) groups is 3. The molecule has 0 unspecified atom stereocenters. The molecule has 1 heterocycles. The molecule has 140 valence electrons. The van der Waals surface area contributed by atoms with Crippen molar-refractivity contribution >= 4 is 23.3 Å². The molecular weight excluding hydrogens is 328 g/mol. The van der Waals surface area contributed by atoms with Gasteiger partial charge in [-0.1, -0.05) is 19.3 Å². The second-order valence-electron chi connectivity index (χ2n) is 7.56. The number of anilines is 1. The minimum Gasteiger partial charge on any atom is -0.342 e. The van der Waals surface area contributed by atoms with Crippen LogP contribution < -0.4 is 5.32 Å². The molecule has 1 N–H and O–H groups in total. The topological polar surface area (TPSA) is 66.5 Å². The van der Waals surface area contributed by atoms with E-state index in [0.717, 1.165) is 38.5 Å². The molecule has 0 atom stereocenters. The summed E-state index contributed by atoms with van der Waals surface area (Å²) in [6.45, 7) is 2.88. The number of hydrogen-bond acceptors (Lipinski definition) is 3. The molecule has 0 bridgehead atoms. The van der Waals surface area contributed by atoms with Gasteiger partial charge in [-0.2, -0.15) is 0 Å². The second kappa shape index (κ2) is 8.47. The summed E-state index contributed by atoms with van der Waals surface area (Å²) in [5.74, 6) is 0.457. The average Bonchev–Trinajstić information content (AvgIpc) is 2.68. The van der Waals surface area contributed by atoms with E-state index in [2.05, 4.69) is 5.32 Å². The molecule has 1 aliphatic carbocycles. The fourth-order valence-corrected chi connectivity index (χ4v) is 4.00. The molecule has 0 spiro atoms. The lowest BCUT2D eigenvalue weighted by Crippen LogP contribution is -2.44. The standard InChI is InChI=1S/C21H28N2O3/c1-15(24)16-7-9-19(10-8-16)22-20(25)17-11-13-23(14-12-17)21(26)18-5-3-2-4-6-18/h7-10,17-18H,2-6,11-14H2,1H3,(H,22,25). The molecule has 3 rings (SSSR count). The zero-order chi connectivity index (χ0) is 18.5. The van der Waals surface area contributed by atoms with Gasteiger partial charge in [0.05, 0.1) is 0 Å². The maximum atomic E-state index is 12.6. The summed E-state index contributed by atoms with van der Waals surface area (Å²) < 4.78 is 0. The van der Waals surface area contributed by atoms with Crippen LogP contribution in [0.5, 0.6) is 0 Å². The zero-order valence-corrected chi connectivity index (χ0v) is 15.5. The predicted octanol–water partition coefficient (Wildman–Crippen LogP) is 3.65. The van der Waals surface area contributed by atoms with Gasteiger partial charge in [-0.15, -0.1) is 0 Å². The summed E-state index contributed by atoms with van der Waals surface area (Å²) in [5.41, 5.74) is 1.35. The summed E-state index contributed by atoms with van der Waals surface area (Å²) >= 11 is 0. The molecule has 1 aromatic rings. The van der Waals surface area contributed by atoms with Crippen LogP contribution in [-0.2, 0) is 9.59 Å². The highest BCUT2D eigenvalue weighted by Crippen LogP contribution is 2.28. The Morgan fingerprint density at radius 2 is 1.50 bits per heavy atom. The molecule has 2 amide bonds. The molecule has 1 aromatic carbocycles. The number of ketones is 1. The lowest BCUT2D eigenvalue weighted by molar-refractivity contribution is -0.139. The van der Waals surface area contributed by atoms with E-state index >= 15 is 0 Å². The Balaban J connectivity index is 1.48. The van der Waals surface area contributed by atoms with Gasteiger partial charge < -0.3 is 10.2 Å². The number of rotatable bonds is 4. The second-order valence-corrected chi connectivity index (χ2v) is 7.56. The van der Waals surface area contributed by atoms with Crippen molar-refractivity contribution in [2.45, 2.75) is 51.9 Å². The summed E-state index contributed by atoms with van der Waals surface area (Å²) in [6, 6.07) is 6.97. The number of amides is 2. The largest absolute Gasteiger partial charge is 0.342 e. The highest BCUT2D eigenvalue weighted by atomic mass is 16.2. The van der Waals surface area contributed by atoms with Gasteiger partial charge in [0.2, 0.25) is 11.8 Å². The van der Waals surface area contributed by atoms with Crippen LogP contribution in [0.1, 0.15) is 62.2 Å². The quantitative estimate of drug-likeness (QED) is 0.838.